The maximum Gasteiger partial charge on any atom is 0.573 e. The molecule has 0 atom stereocenters. The summed E-state index contributed by atoms with van der Waals surface area (Å²) in [5, 5.41) is 0. The molecule has 0 N–H and O–H groups in total. The van der Waals surface area contributed by atoms with Gasteiger partial charge in [0.15, 0.2) is 17.3 Å². The summed E-state index contributed by atoms with van der Waals surface area (Å²) in [6, 6.07) is 1.89. The van der Waals surface area contributed by atoms with Crippen molar-refractivity contribution in [3.05, 3.63) is 28.0 Å². The Morgan fingerprint density at radius 2 is 1.94 bits per heavy atom. The highest BCUT2D eigenvalue weighted by Gasteiger charge is 2.33. The molecule has 1 aromatic carbocycles. The second kappa shape index (κ2) is 4.40. The van der Waals surface area contributed by atoms with E-state index in [-0.39, 0.29) is 4.47 Å². The highest BCUT2D eigenvalue weighted by atomic mass is 79.9. The molecule has 1 aromatic rings. The molecule has 1 rings (SSSR count). The third-order valence-electron chi connectivity index (χ3n) is 1.61. The van der Waals surface area contributed by atoms with Gasteiger partial charge in [-0.1, -0.05) is 15.9 Å². The molecular formula is C9H5BrF4O2. The molecule has 0 aromatic heterocycles. The summed E-state index contributed by atoms with van der Waals surface area (Å²) in [7, 11) is 0. The van der Waals surface area contributed by atoms with Crippen molar-refractivity contribution in [2.75, 3.05) is 0 Å². The second-order valence-electron chi connectivity index (χ2n) is 2.87. The summed E-state index contributed by atoms with van der Waals surface area (Å²) in [5.41, 5.74) is -0.464. The molecular weight excluding hydrogens is 296 g/mol. The van der Waals surface area contributed by atoms with Gasteiger partial charge in [-0.3, -0.25) is 4.79 Å². The Balaban J connectivity index is 3.25. The van der Waals surface area contributed by atoms with Crippen LogP contribution < -0.4 is 4.74 Å². The maximum atomic E-state index is 13.4. The number of carbonyl (C=O) groups excluding carboxylic acids is 1. The molecule has 0 saturated heterocycles. The summed E-state index contributed by atoms with van der Waals surface area (Å²) in [5.74, 6) is -3.05. The van der Waals surface area contributed by atoms with E-state index in [4.69, 9.17) is 0 Å². The lowest BCUT2D eigenvalue weighted by Crippen LogP contribution is -2.18. The van der Waals surface area contributed by atoms with E-state index in [9.17, 15) is 22.4 Å². The first-order valence-corrected chi connectivity index (χ1v) is 4.75. The number of benzene rings is 1. The smallest absolute Gasteiger partial charge is 0.403 e. The Bertz CT molecular complexity index is 428. The number of carbonyl (C=O) groups is 1. The van der Waals surface area contributed by atoms with E-state index >= 15 is 0 Å². The SMILES string of the molecule is CC(=O)c1cc(Br)cc(OC(F)(F)F)c1F. The molecule has 88 valence electrons. The molecule has 16 heavy (non-hydrogen) atoms. The van der Waals surface area contributed by atoms with Gasteiger partial charge in [0.25, 0.3) is 0 Å². The quantitative estimate of drug-likeness (QED) is 0.615. The number of alkyl halides is 3. The fourth-order valence-electron chi connectivity index (χ4n) is 1.02. The third-order valence-corrected chi connectivity index (χ3v) is 2.07. The number of Topliss-reactive ketones (excluding diaryl/α,β-unsaturated/α-hetero) is 1. The highest BCUT2D eigenvalue weighted by Crippen LogP contribution is 2.30. The average molecular weight is 301 g/mol. The molecule has 0 spiro atoms. The Morgan fingerprint density at radius 3 is 2.38 bits per heavy atom. The highest BCUT2D eigenvalue weighted by molar-refractivity contribution is 9.10. The Hall–Kier alpha value is -1.11. The number of ketones is 1. The van der Waals surface area contributed by atoms with E-state index < -0.39 is 29.3 Å². The molecule has 0 saturated carbocycles. The van der Waals surface area contributed by atoms with Gasteiger partial charge in [0.1, 0.15) is 0 Å². The van der Waals surface area contributed by atoms with Crippen LogP contribution in [-0.2, 0) is 0 Å². The summed E-state index contributed by atoms with van der Waals surface area (Å²) in [6.07, 6.45) is -5.00. The maximum absolute atomic E-state index is 13.4. The molecule has 0 bridgehead atoms. The number of hydrogen-bond donors (Lipinski definition) is 0. The second-order valence-corrected chi connectivity index (χ2v) is 3.79. The van der Waals surface area contributed by atoms with Crippen LogP contribution in [0.15, 0.2) is 16.6 Å². The molecule has 0 heterocycles. The van der Waals surface area contributed by atoms with Crippen molar-refractivity contribution < 1.29 is 27.1 Å². The van der Waals surface area contributed by atoms with E-state index in [1.165, 1.54) is 0 Å². The van der Waals surface area contributed by atoms with E-state index in [1.54, 1.807) is 0 Å². The molecule has 0 amide bonds. The lowest BCUT2D eigenvalue weighted by molar-refractivity contribution is -0.275. The fraction of sp³-hybridized carbons (Fsp3) is 0.222. The van der Waals surface area contributed by atoms with Crippen molar-refractivity contribution in [2.45, 2.75) is 13.3 Å². The van der Waals surface area contributed by atoms with Gasteiger partial charge in [-0.15, -0.1) is 13.2 Å². The number of halogens is 5. The molecule has 7 heteroatoms. The standard InChI is InChI=1S/C9H5BrF4O2/c1-4(15)6-2-5(10)3-7(8(6)11)16-9(12,13)14/h2-3H,1H3. The van der Waals surface area contributed by atoms with Crippen molar-refractivity contribution in [3.63, 3.8) is 0 Å². The topological polar surface area (TPSA) is 26.3 Å². The van der Waals surface area contributed by atoms with Crippen LogP contribution in [0.1, 0.15) is 17.3 Å². The van der Waals surface area contributed by atoms with Gasteiger partial charge in [-0.2, -0.15) is 0 Å². The van der Waals surface area contributed by atoms with E-state index in [1.807, 2.05) is 0 Å². The van der Waals surface area contributed by atoms with Gasteiger partial charge in [0, 0.05) is 4.47 Å². The fourth-order valence-corrected chi connectivity index (χ4v) is 1.46. The molecule has 2 nitrogen and oxygen atoms in total. The van der Waals surface area contributed by atoms with Crippen LogP contribution in [-0.4, -0.2) is 12.1 Å². The van der Waals surface area contributed by atoms with Crippen molar-refractivity contribution >= 4 is 21.7 Å². The zero-order chi connectivity index (χ0) is 12.5. The molecule has 0 aliphatic rings. The van der Waals surface area contributed by atoms with Crippen molar-refractivity contribution in [3.8, 4) is 5.75 Å². The van der Waals surface area contributed by atoms with Gasteiger partial charge in [0.2, 0.25) is 0 Å². The lowest BCUT2D eigenvalue weighted by atomic mass is 10.1. The van der Waals surface area contributed by atoms with Gasteiger partial charge in [0.05, 0.1) is 5.56 Å². The minimum atomic E-state index is -5.00. The van der Waals surface area contributed by atoms with Gasteiger partial charge < -0.3 is 4.74 Å². The van der Waals surface area contributed by atoms with Crippen molar-refractivity contribution in [1.82, 2.24) is 0 Å². The molecule has 0 unspecified atom stereocenters. The van der Waals surface area contributed by atoms with Crippen LogP contribution in [0.25, 0.3) is 0 Å². The molecule has 0 fully saturated rings. The lowest BCUT2D eigenvalue weighted by Gasteiger charge is -2.11. The first-order chi connectivity index (χ1) is 7.20. The van der Waals surface area contributed by atoms with Crippen LogP contribution in [0.5, 0.6) is 5.75 Å². The largest absolute Gasteiger partial charge is 0.573 e. The first kappa shape index (κ1) is 13.0. The van der Waals surface area contributed by atoms with Crippen LogP contribution in [0, 0.1) is 5.82 Å². The van der Waals surface area contributed by atoms with E-state index in [2.05, 4.69) is 20.7 Å². The van der Waals surface area contributed by atoms with Crippen LogP contribution in [0.4, 0.5) is 17.6 Å². The number of ether oxygens (including phenoxy) is 1. The summed E-state index contributed by atoms with van der Waals surface area (Å²) >= 11 is 2.86. The minimum Gasteiger partial charge on any atom is -0.403 e. The van der Waals surface area contributed by atoms with E-state index in [0.717, 1.165) is 19.1 Å². The Kier molecular flexibility index (Phi) is 3.57. The Morgan fingerprint density at radius 1 is 1.38 bits per heavy atom. The molecule has 0 aliphatic heterocycles. The number of rotatable bonds is 2. The normalized spacial score (nSPS) is 11.4. The minimum absolute atomic E-state index is 0.123. The zero-order valence-electron chi connectivity index (χ0n) is 7.86. The number of hydrogen-bond acceptors (Lipinski definition) is 2. The summed E-state index contributed by atoms with van der Waals surface area (Å²) in [6.45, 7) is 1.04. The summed E-state index contributed by atoms with van der Waals surface area (Å²) in [4.78, 5) is 10.9. The van der Waals surface area contributed by atoms with Gasteiger partial charge in [-0.05, 0) is 19.1 Å². The van der Waals surface area contributed by atoms with Crippen LogP contribution in [0.2, 0.25) is 0 Å². The predicted molar refractivity (Wildman–Crippen MR) is 50.8 cm³/mol. The van der Waals surface area contributed by atoms with Crippen molar-refractivity contribution in [1.29, 1.82) is 0 Å². The third kappa shape index (κ3) is 3.19. The molecule has 0 aliphatic carbocycles. The van der Waals surface area contributed by atoms with Gasteiger partial charge in [-0.25, -0.2) is 4.39 Å². The average Bonchev–Trinajstić information content (AvgIpc) is 2.07. The molecule has 0 radical (unpaired) electrons. The summed E-state index contributed by atoms with van der Waals surface area (Å²) < 4.78 is 52.6. The predicted octanol–water partition coefficient (Wildman–Crippen LogP) is 3.69. The van der Waals surface area contributed by atoms with Crippen LogP contribution >= 0.6 is 15.9 Å². The monoisotopic (exact) mass is 300 g/mol. The zero-order valence-corrected chi connectivity index (χ0v) is 9.45. The van der Waals surface area contributed by atoms with Gasteiger partial charge >= 0.3 is 6.36 Å². The first-order valence-electron chi connectivity index (χ1n) is 3.96. The van der Waals surface area contributed by atoms with Crippen LogP contribution in [0.3, 0.4) is 0 Å². The van der Waals surface area contributed by atoms with E-state index in [0.29, 0.717) is 0 Å². The Labute approximate surface area is 96.3 Å². The van der Waals surface area contributed by atoms with Crippen molar-refractivity contribution in [2.24, 2.45) is 0 Å².